The molecule has 72 heavy (non-hydrogen) atoms. The van der Waals surface area contributed by atoms with E-state index in [1.54, 1.807) is 42.8 Å². The highest BCUT2D eigenvalue weighted by atomic mass is 32.2. The summed E-state index contributed by atoms with van der Waals surface area (Å²) in [4.78, 5) is 17.9. The number of hydrogen-bond acceptors (Lipinski definition) is 11. The number of piperidine rings is 1. The molecule has 0 spiro atoms. The highest BCUT2D eigenvalue weighted by molar-refractivity contribution is 7.99. The number of alkyl halides is 3. The lowest BCUT2D eigenvalue weighted by atomic mass is 9.96. The maximum atomic E-state index is 14.4. The number of sulfonamides is 1. The van der Waals surface area contributed by atoms with E-state index in [1.165, 1.54) is 30.0 Å². The fraction of sp³-hybridized carbons (Fsp3) is 0.314. The third kappa shape index (κ3) is 11.5. The van der Waals surface area contributed by atoms with E-state index in [1.807, 2.05) is 42.5 Å². The zero-order valence-electron chi connectivity index (χ0n) is 39.2. The number of benzene rings is 5. The zero-order chi connectivity index (χ0) is 51.5. The van der Waals surface area contributed by atoms with Crippen molar-refractivity contribution in [3.63, 3.8) is 0 Å². The average Bonchev–Trinajstić information content (AvgIpc) is 3.63. The fourth-order valence-corrected chi connectivity index (χ4v) is 12.2. The number of thioether (sulfide) groups is 1. The number of piperazine rings is 1. The molecule has 3 heterocycles. The van der Waals surface area contributed by atoms with E-state index in [0.717, 1.165) is 40.5 Å². The highest BCUT2D eigenvalue weighted by Gasteiger charge is 2.48. The zero-order valence-corrected chi connectivity index (χ0v) is 41.7. The lowest BCUT2D eigenvalue weighted by Crippen LogP contribution is -2.46. The van der Waals surface area contributed by atoms with Crippen molar-refractivity contribution >= 4 is 60.3 Å². The minimum absolute atomic E-state index is 0.0375. The summed E-state index contributed by atoms with van der Waals surface area (Å²) in [5, 5.41) is 23.3. The van der Waals surface area contributed by atoms with Crippen LogP contribution in [0, 0.1) is 18.6 Å². The lowest BCUT2D eigenvalue weighted by molar-refractivity contribution is -0.0436. The van der Waals surface area contributed by atoms with Crippen LogP contribution >= 0.6 is 11.8 Å². The van der Waals surface area contributed by atoms with Gasteiger partial charge in [0.05, 0.1) is 27.9 Å². The molecule has 2 aliphatic heterocycles. The third-order valence-electron chi connectivity index (χ3n) is 13.1. The van der Waals surface area contributed by atoms with Crippen molar-refractivity contribution in [1.82, 2.24) is 9.47 Å². The normalized spacial score (nSPS) is 15.7. The van der Waals surface area contributed by atoms with Gasteiger partial charge in [0.2, 0.25) is 0 Å². The molecule has 8 rings (SSSR count). The standard InChI is InChI=1S/C51H53F5N6O7S3/c1-33-47(50(64)65)48(49(59(33)2)35-11-17-43(52)44(53)30-35)34-7-6-8-39(29-34)62-27-25-61(26-28-62)38-14-12-36(13-15-38)58-72(68,69)42-16-18-45(46(31-42)71(66,67)51(54,55)56)57-37(32-70-41-9-4-3-5-10-41)19-22-60-23-20-40(63)21-24-60/h3-18,29-31,37,40,57-58,63H,19-28,32H2,1-2H3,(H,64,65)/t37-/m1/s1. The Morgan fingerprint density at radius 2 is 1.44 bits per heavy atom. The van der Waals surface area contributed by atoms with Gasteiger partial charge in [0.25, 0.3) is 19.9 Å². The van der Waals surface area contributed by atoms with Crippen LogP contribution in [0.15, 0.2) is 130 Å². The third-order valence-corrected chi connectivity index (χ3v) is 17.2. The topological polar surface area (TPSA) is 165 Å². The fourth-order valence-electron chi connectivity index (χ4n) is 9.11. The summed E-state index contributed by atoms with van der Waals surface area (Å²) in [6.45, 7) is 5.59. The summed E-state index contributed by atoms with van der Waals surface area (Å²) in [6.07, 6.45) is 1.19. The Bertz CT molecular complexity index is 3140. The second-order valence-corrected chi connectivity index (χ2v) is 22.5. The van der Waals surface area contributed by atoms with E-state index in [2.05, 4.69) is 24.7 Å². The molecule has 1 atom stereocenters. The number of rotatable bonds is 17. The number of halogens is 5. The van der Waals surface area contributed by atoms with E-state index >= 15 is 0 Å². The molecule has 2 fully saturated rings. The summed E-state index contributed by atoms with van der Waals surface area (Å²) < 4.78 is 129. The molecule has 0 radical (unpaired) electrons. The number of carbonyl (C=O) groups is 1. The molecule has 5 aromatic carbocycles. The minimum atomic E-state index is -6.05. The SMILES string of the molecule is Cc1c(C(=O)O)c(-c2cccc(N3CCN(c4ccc(NS(=O)(=O)c5ccc(N[C@H](CCN6CCC(O)CC6)CSc6ccccc6)c(S(=O)(=O)C(F)(F)F)c5)cc4)CC3)c2)c(-c2ccc(F)c(F)c2)n1C. The Balaban J connectivity index is 0.963. The first-order valence-electron chi connectivity index (χ1n) is 23.1. The van der Waals surface area contributed by atoms with Crippen LogP contribution < -0.4 is 19.8 Å². The number of aliphatic hydroxyl groups excluding tert-OH is 1. The molecular formula is C51H53F5N6O7S3. The van der Waals surface area contributed by atoms with Crippen LogP contribution in [0.3, 0.4) is 0 Å². The average molecular weight is 1050 g/mol. The number of hydrogen-bond donors (Lipinski definition) is 4. The molecule has 0 saturated carbocycles. The van der Waals surface area contributed by atoms with Gasteiger partial charge in [-0.1, -0.05) is 30.3 Å². The summed E-state index contributed by atoms with van der Waals surface area (Å²) in [5.74, 6) is -2.90. The number of nitrogens with zero attached hydrogens (tertiary/aromatic N) is 4. The second kappa shape index (κ2) is 21.5. The van der Waals surface area contributed by atoms with E-state index in [-0.39, 0.29) is 16.9 Å². The monoisotopic (exact) mass is 1050 g/mol. The maximum Gasteiger partial charge on any atom is 0.501 e. The molecule has 21 heteroatoms. The van der Waals surface area contributed by atoms with E-state index in [4.69, 9.17) is 0 Å². The first kappa shape index (κ1) is 52.2. The Hall–Kier alpha value is -6.13. The molecule has 4 N–H and O–H groups in total. The van der Waals surface area contributed by atoms with Gasteiger partial charge < -0.3 is 34.8 Å². The molecule has 1 aromatic heterocycles. The summed E-state index contributed by atoms with van der Waals surface area (Å²) in [5.41, 5.74) is -2.34. The Labute approximate surface area is 419 Å². The molecule has 6 aromatic rings. The number of carboxylic acid groups (broad SMARTS) is 1. The number of nitrogens with one attached hydrogen (secondary N) is 2. The van der Waals surface area contributed by atoms with Gasteiger partial charge >= 0.3 is 11.5 Å². The van der Waals surface area contributed by atoms with Crippen LogP contribution in [-0.4, -0.2) is 112 Å². The number of likely N-dealkylation sites (tertiary alicyclic amines) is 1. The van der Waals surface area contributed by atoms with Crippen molar-refractivity contribution in [3.05, 3.63) is 138 Å². The van der Waals surface area contributed by atoms with Crippen molar-refractivity contribution in [1.29, 1.82) is 0 Å². The van der Waals surface area contributed by atoms with Crippen molar-refractivity contribution in [2.45, 2.75) is 58.5 Å². The first-order valence-corrected chi connectivity index (χ1v) is 27.1. The van der Waals surface area contributed by atoms with Crippen LogP contribution in [0.5, 0.6) is 0 Å². The van der Waals surface area contributed by atoms with Crippen LogP contribution in [0.1, 0.15) is 35.3 Å². The molecule has 0 aliphatic carbocycles. The number of aromatic nitrogens is 1. The lowest BCUT2D eigenvalue weighted by Gasteiger charge is -2.37. The number of carboxylic acids is 1. The van der Waals surface area contributed by atoms with Gasteiger partial charge in [-0.25, -0.2) is 30.4 Å². The molecule has 382 valence electrons. The van der Waals surface area contributed by atoms with Gasteiger partial charge in [-0.15, -0.1) is 11.8 Å². The predicted molar refractivity (Wildman–Crippen MR) is 270 cm³/mol. The molecule has 2 aliphatic rings. The van der Waals surface area contributed by atoms with Crippen LogP contribution in [0.2, 0.25) is 0 Å². The van der Waals surface area contributed by atoms with Crippen LogP contribution in [0.4, 0.5) is 44.7 Å². The molecule has 0 amide bonds. The van der Waals surface area contributed by atoms with Crippen molar-refractivity contribution in [3.8, 4) is 22.4 Å². The molecule has 0 unspecified atom stereocenters. The minimum Gasteiger partial charge on any atom is -0.478 e. The maximum absolute atomic E-state index is 14.4. The Morgan fingerprint density at radius 3 is 2.08 bits per heavy atom. The second-order valence-electron chi connectivity index (χ2n) is 17.8. The van der Waals surface area contributed by atoms with Crippen molar-refractivity contribution in [2.75, 3.05) is 71.4 Å². The van der Waals surface area contributed by atoms with Gasteiger partial charge in [0.15, 0.2) is 11.6 Å². The van der Waals surface area contributed by atoms with Gasteiger partial charge in [0.1, 0.15) is 4.90 Å². The van der Waals surface area contributed by atoms with E-state index in [9.17, 15) is 53.8 Å². The van der Waals surface area contributed by atoms with Gasteiger partial charge in [0, 0.05) is 103 Å². The largest absolute Gasteiger partial charge is 0.501 e. The number of aromatic carboxylic acids is 1. The summed E-state index contributed by atoms with van der Waals surface area (Å²) >= 11 is 1.44. The van der Waals surface area contributed by atoms with Crippen molar-refractivity contribution in [2.24, 2.45) is 7.05 Å². The van der Waals surface area contributed by atoms with Crippen LogP contribution in [-0.2, 0) is 26.9 Å². The van der Waals surface area contributed by atoms with Crippen LogP contribution in [0.25, 0.3) is 22.4 Å². The van der Waals surface area contributed by atoms with Gasteiger partial charge in [-0.05, 0) is 117 Å². The Kier molecular flexibility index (Phi) is 15.6. The van der Waals surface area contributed by atoms with Gasteiger partial charge in [-0.3, -0.25) is 4.72 Å². The predicted octanol–water partition coefficient (Wildman–Crippen LogP) is 9.48. The van der Waals surface area contributed by atoms with Gasteiger partial charge in [-0.2, -0.15) is 13.2 Å². The highest BCUT2D eigenvalue weighted by Crippen LogP contribution is 2.41. The number of sulfone groups is 1. The first-order chi connectivity index (χ1) is 34.2. The summed E-state index contributed by atoms with van der Waals surface area (Å²) in [7, 11) is -8.99. The molecule has 0 bridgehead atoms. The quantitative estimate of drug-likeness (QED) is 0.0506. The molecular weight excluding hydrogens is 1000 g/mol. The molecule has 13 nitrogen and oxygen atoms in total. The summed E-state index contributed by atoms with van der Waals surface area (Å²) in [6, 6.07) is 28.6. The van der Waals surface area contributed by atoms with E-state index in [0.29, 0.717) is 105 Å². The number of anilines is 4. The number of aliphatic hydroxyl groups is 1. The van der Waals surface area contributed by atoms with Crippen molar-refractivity contribution < 1.29 is 53.8 Å². The smallest absolute Gasteiger partial charge is 0.478 e. The van der Waals surface area contributed by atoms with E-state index < -0.39 is 64.9 Å². The molecule has 2 saturated heterocycles. The Morgan fingerprint density at radius 1 is 0.778 bits per heavy atom.